The molecule has 0 aliphatic rings. The van der Waals surface area contributed by atoms with Gasteiger partial charge in [-0.1, -0.05) is 0 Å². The molecule has 1 aromatic rings. The van der Waals surface area contributed by atoms with Crippen LogP contribution in [0.2, 0.25) is 0 Å². The van der Waals surface area contributed by atoms with Gasteiger partial charge in [-0.2, -0.15) is 26.3 Å². The summed E-state index contributed by atoms with van der Waals surface area (Å²) in [5.74, 6) is 0.206. The topological polar surface area (TPSA) is 22.1 Å². The molecule has 0 aliphatic carbocycles. The number of aromatic nitrogens is 1. The Labute approximate surface area is 119 Å². The van der Waals surface area contributed by atoms with Crippen molar-refractivity contribution < 1.29 is 31.1 Å². The first-order valence-electron chi connectivity index (χ1n) is 5.39. The lowest BCUT2D eigenvalue weighted by Gasteiger charge is -2.22. The molecule has 1 aromatic heterocycles. The molecule has 1 heterocycles. The highest BCUT2D eigenvalue weighted by molar-refractivity contribution is 7.09. The molecule has 0 saturated carbocycles. The van der Waals surface area contributed by atoms with Crippen molar-refractivity contribution in [1.29, 1.82) is 0 Å². The van der Waals surface area contributed by atoms with Gasteiger partial charge in [-0.3, -0.25) is 0 Å². The van der Waals surface area contributed by atoms with Gasteiger partial charge >= 0.3 is 12.4 Å². The van der Waals surface area contributed by atoms with Gasteiger partial charge in [0.25, 0.3) is 0 Å². The van der Waals surface area contributed by atoms with Gasteiger partial charge in [-0.05, 0) is 6.42 Å². The number of aryl methyl sites for hydroxylation is 1. The monoisotopic (exact) mass is 341 g/mol. The van der Waals surface area contributed by atoms with Crippen LogP contribution in [0.1, 0.15) is 17.1 Å². The fourth-order valence-corrected chi connectivity index (χ4v) is 2.39. The minimum absolute atomic E-state index is 0.0118. The van der Waals surface area contributed by atoms with Crippen molar-refractivity contribution in [2.24, 2.45) is 0 Å². The molecule has 0 spiro atoms. The smallest absolute Gasteiger partial charge is 0.361 e. The van der Waals surface area contributed by atoms with Gasteiger partial charge in [0.15, 0.2) is 0 Å². The van der Waals surface area contributed by atoms with Gasteiger partial charge in [-0.15, -0.1) is 22.9 Å². The molecule has 20 heavy (non-hydrogen) atoms. The second kappa shape index (κ2) is 6.95. The van der Waals surface area contributed by atoms with Crippen LogP contribution >= 0.6 is 22.9 Å². The van der Waals surface area contributed by atoms with E-state index in [1.54, 1.807) is 5.38 Å². The van der Waals surface area contributed by atoms with Gasteiger partial charge in [0, 0.05) is 18.4 Å². The highest BCUT2D eigenvalue weighted by Crippen LogP contribution is 2.35. The maximum Gasteiger partial charge on any atom is 0.423 e. The number of alkyl halides is 7. The molecular weight excluding hydrogens is 332 g/mol. The zero-order valence-electron chi connectivity index (χ0n) is 9.89. The predicted octanol–water partition coefficient (Wildman–Crippen LogP) is 4.32. The molecule has 0 N–H and O–H groups in total. The van der Waals surface area contributed by atoms with E-state index in [0.717, 1.165) is 0 Å². The molecule has 0 atom stereocenters. The summed E-state index contributed by atoms with van der Waals surface area (Å²) in [4.78, 5) is 4.03. The quantitative estimate of drug-likeness (QED) is 0.436. The van der Waals surface area contributed by atoms with E-state index in [9.17, 15) is 26.3 Å². The summed E-state index contributed by atoms with van der Waals surface area (Å²) in [5, 5.41) is 2.28. The number of hydrogen-bond acceptors (Lipinski definition) is 3. The Morgan fingerprint density at radius 3 is 2.25 bits per heavy atom. The molecule has 0 amide bonds. The molecule has 0 bridgehead atoms. The first kappa shape index (κ1) is 17.5. The van der Waals surface area contributed by atoms with E-state index in [2.05, 4.69) is 9.72 Å². The van der Waals surface area contributed by atoms with Gasteiger partial charge in [-0.25, -0.2) is 4.98 Å². The van der Waals surface area contributed by atoms with Crippen LogP contribution in [0.25, 0.3) is 0 Å². The molecule has 116 valence electrons. The number of rotatable bonds is 6. The Balaban J connectivity index is 2.41. The van der Waals surface area contributed by atoms with Crippen LogP contribution in [0.5, 0.6) is 0 Å². The fraction of sp³-hybridized carbons (Fsp3) is 0.700. The van der Waals surface area contributed by atoms with Crippen molar-refractivity contribution in [2.75, 3.05) is 6.61 Å². The van der Waals surface area contributed by atoms with Gasteiger partial charge in [0.1, 0.15) is 0 Å². The third kappa shape index (κ3) is 5.45. The lowest BCUT2D eigenvalue weighted by atomic mass is 10.3. The van der Waals surface area contributed by atoms with E-state index in [4.69, 9.17) is 11.6 Å². The Bertz CT molecular complexity index is 405. The number of thiazole rings is 1. The van der Waals surface area contributed by atoms with Crippen LogP contribution in [-0.2, 0) is 17.0 Å². The second-order valence-electron chi connectivity index (χ2n) is 3.80. The molecule has 1 rings (SSSR count). The highest BCUT2D eigenvalue weighted by atomic mass is 35.5. The molecule has 10 heteroatoms. The van der Waals surface area contributed by atoms with E-state index in [0.29, 0.717) is 10.7 Å². The van der Waals surface area contributed by atoms with E-state index in [1.165, 1.54) is 11.3 Å². The number of ether oxygens (including phenoxy) is 1. The largest absolute Gasteiger partial charge is 0.423 e. The SMILES string of the molecule is FC(F)(F)C(OCCCc1nc(CCl)cs1)C(F)(F)F. The van der Waals surface area contributed by atoms with Crippen molar-refractivity contribution in [3.63, 3.8) is 0 Å². The summed E-state index contributed by atoms with van der Waals surface area (Å²) in [6.07, 6.45) is -14.4. The molecule has 0 aliphatic heterocycles. The average molecular weight is 342 g/mol. The molecule has 0 aromatic carbocycles. The zero-order valence-corrected chi connectivity index (χ0v) is 11.5. The minimum atomic E-state index is -5.47. The summed E-state index contributed by atoms with van der Waals surface area (Å²) in [6.45, 7) is -0.653. The number of hydrogen-bond donors (Lipinski definition) is 0. The van der Waals surface area contributed by atoms with Crippen LogP contribution in [0.3, 0.4) is 0 Å². The zero-order chi connectivity index (χ0) is 15.4. The normalized spacial score (nSPS) is 13.2. The van der Waals surface area contributed by atoms with E-state index in [1.807, 2.05) is 0 Å². The maximum absolute atomic E-state index is 12.1. The first-order valence-corrected chi connectivity index (χ1v) is 6.80. The van der Waals surface area contributed by atoms with Crippen LogP contribution < -0.4 is 0 Å². The predicted molar refractivity (Wildman–Crippen MR) is 61.8 cm³/mol. The summed E-state index contributed by atoms with van der Waals surface area (Å²) in [6, 6.07) is 0. The van der Waals surface area contributed by atoms with Gasteiger partial charge < -0.3 is 4.74 Å². The van der Waals surface area contributed by atoms with Crippen molar-refractivity contribution in [2.45, 2.75) is 37.2 Å². The minimum Gasteiger partial charge on any atom is -0.361 e. The molecule has 0 unspecified atom stereocenters. The highest BCUT2D eigenvalue weighted by Gasteiger charge is 2.57. The van der Waals surface area contributed by atoms with Crippen molar-refractivity contribution in [1.82, 2.24) is 4.98 Å². The third-order valence-electron chi connectivity index (χ3n) is 2.15. The number of nitrogens with zero attached hydrogens (tertiary/aromatic N) is 1. The summed E-state index contributed by atoms with van der Waals surface area (Å²) in [7, 11) is 0. The Kier molecular flexibility index (Phi) is 6.08. The van der Waals surface area contributed by atoms with Crippen molar-refractivity contribution in [3.05, 3.63) is 16.1 Å². The van der Waals surface area contributed by atoms with Crippen LogP contribution in [0.4, 0.5) is 26.3 Å². The fourth-order valence-electron chi connectivity index (χ4n) is 1.32. The third-order valence-corrected chi connectivity index (χ3v) is 3.38. The molecule has 0 saturated heterocycles. The second-order valence-corrected chi connectivity index (χ2v) is 5.01. The Morgan fingerprint density at radius 1 is 1.20 bits per heavy atom. The Hall–Kier alpha value is -0.540. The summed E-state index contributed by atoms with van der Waals surface area (Å²) in [5.41, 5.74) is 0.621. The lowest BCUT2D eigenvalue weighted by molar-refractivity contribution is -0.321. The van der Waals surface area contributed by atoms with Crippen LogP contribution in [-0.4, -0.2) is 30.0 Å². The molecular formula is C10H10ClF6NOS. The summed E-state index contributed by atoms with van der Waals surface area (Å²) < 4.78 is 76.8. The lowest BCUT2D eigenvalue weighted by Crippen LogP contribution is -2.44. The van der Waals surface area contributed by atoms with E-state index in [-0.39, 0.29) is 18.7 Å². The summed E-state index contributed by atoms with van der Waals surface area (Å²) >= 11 is 6.76. The molecule has 2 nitrogen and oxygen atoms in total. The van der Waals surface area contributed by atoms with E-state index >= 15 is 0 Å². The van der Waals surface area contributed by atoms with Crippen LogP contribution in [0, 0.1) is 0 Å². The maximum atomic E-state index is 12.1. The molecule has 0 radical (unpaired) electrons. The Morgan fingerprint density at radius 2 is 1.80 bits per heavy atom. The standard InChI is InChI=1S/C10H10ClF6NOS/c11-4-6-5-20-7(18-6)2-1-3-19-8(9(12,13)14)10(15,16)17/h5,8H,1-4H2. The number of halogens is 7. The van der Waals surface area contributed by atoms with Crippen molar-refractivity contribution >= 4 is 22.9 Å². The van der Waals surface area contributed by atoms with Crippen LogP contribution in [0.15, 0.2) is 5.38 Å². The van der Waals surface area contributed by atoms with Crippen molar-refractivity contribution in [3.8, 4) is 0 Å². The first-order chi connectivity index (χ1) is 9.14. The molecule has 0 fully saturated rings. The van der Waals surface area contributed by atoms with E-state index < -0.39 is 25.1 Å². The average Bonchev–Trinajstić information content (AvgIpc) is 2.73. The van der Waals surface area contributed by atoms with Gasteiger partial charge in [0.2, 0.25) is 6.10 Å². The van der Waals surface area contributed by atoms with Gasteiger partial charge in [0.05, 0.1) is 16.6 Å².